The molecule has 6 aromatic rings. The molecule has 2 aromatic heterocycles. The van der Waals surface area contributed by atoms with Crippen molar-refractivity contribution in [2.75, 3.05) is 0 Å². The van der Waals surface area contributed by atoms with E-state index in [1.165, 1.54) is 57.0 Å². The molecule has 0 N–H and O–H groups in total. The lowest BCUT2D eigenvalue weighted by atomic mass is 9.93. The van der Waals surface area contributed by atoms with Crippen LogP contribution in [0.2, 0.25) is 0 Å². The van der Waals surface area contributed by atoms with Crippen LogP contribution in [-0.2, 0) is 0 Å². The van der Waals surface area contributed by atoms with Gasteiger partial charge >= 0.3 is 0 Å². The number of aryl methyl sites for hydroxylation is 1. The molecule has 0 saturated carbocycles. The fraction of sp³-hybridized carbons (Fsp3) is 0.0400. The van der Waals surface area contributed by atoms with Crippen LogP contribution < -0.4 is 0 Å². The lowest BCUT2D eigenvalue weighted by Gasteiger charge is -2.11. The zero-order valence-corrected chi connectivity index (χ0v) is 16.5. The highest BCUT2D eigenvalue weighted by atomic mass is 32.1. The first-order chi connectivity index (χ1) is 13.3. The molecule has 27 heavy (non-hydrogen) atoms. The average molecular weight is 381 g/mol. The van der Waals surface area contributed by atoms with Gasteiger partial charge < -0.3 is 0 Å². The number of rotatable bonds is 1. The summed E-state index contributed by atoms with van der Waals surface area (Å²) in [5, 5.41) is 8.01. The van der Waals surface area contributed by atoms with E-state index in [1.807, 2.05) is 22.7 Å². The monoisotopic (exact) mass is 380 g/mol. The van der Waals surface area contributed by atoms with Crippen LogP contribution in [0.1, 0.15) is 4.88 Å². The lowest BCUT2D eigenvalue weighted by Crippen LogP contribution is -1.83. The van der Waals surface area contributed by atoms with Crippen LogP contribution >= 0.6 is 22.7 Å². The predicted octanol–water partition coefficient (Wildman–Crippen LogP) is 8.40. The van der Waals surface area contributed by atoms with E-state index >= 15 is 0 Å². The van der Waals surface area contributed by atoms with Gasteiger partial charge in [-0.3, -0.25) is 0 Å². The molecule has 0 aliphatic heterocycles. The molecule has 6 rings (SSSR count). The van der Waals surface area contributed by atoms with Crippen molar-refractivity contribution >= 4 is 64.4 Å². The molecule has 0 atom stereocenters. The van der Waals surface area contributed by atoms with Crippen LogP contribution in [0.5, 0.6) is 0 Å². The van der Waals surface area contributed by atoms with Gasteiger partial charge in [-0.15, -0.1) is 22.7 Å². The molecule has 0 spiro atoms. The van der Waals surface area contributed by atoms with Crippen molar-refractivity contribution in [2.45, 2.75) is 6.92 Å². The lowest BCUT2D eigenvalue weighted by molar-refractivity contribution is 1.66. The zero-order valence-electron chi connectivity index (χ0n) is 14.8. The summed E-state index contributed by atoms with van der Waals surface area (Å²) in [5.41, 5.74) is 1.31. The Morgan fingerprint density at radius 3 is 1.70 bits per heavy atom. The SMILES string of the molecule is Cc1cc2sc(-c3ccc4c5ccccc5c5ccccc5c4c3)cc2s1. The molecule has 2 heterocycles. The number of benzene rings is 4. The number of hydrogen-bond acceptors (Lipinski definition) is 2. The van der Waals surface area contributed by atoms with Crippen LogP contribution in [-0.4, -0.2) is 0 Å². The predicted molar refractivity (Wildman–Crippen MR) is 122 cm³/mol. The highest BCUT2D eigenvalue weighted by Gasteiger charge is 2.11. The maximum Gasteiger partial charge on any atom is 0.0459 e. The molecule has 0 unspecified atom stereocenters. The quantitative estimate of drug-likeness (QED) is 0.251. The highest BCUT2D eigenvalue weighted by Crippen LogP contribution is 2.41. The smallest absolute Gasteiger partial charge is 0.0459 e. The van der Waals surface area contributed by atoms with Gasteiger partial charge in [0.1, 0.15) is 0 Å². The van der Waals surface area contributed by atoms with E-state index in [-0.39, 0.29) is 0 Å². The summed E-state index contributed by atoms with van der Waals surface area (Å²) in [5.74, 6) is 0. The molecule has 0 saturated heterocycles. The summed E-state index contributed by atoms with van der Waals surface area (Å²) in [6.45, 7) is 2.18. The third-order valence-corrected chi connectivity index (χ3v) is 7.62. The Labute approximate surface area is 165 Å². The molecule has 128 valence electrons. The van der Waals surface area contributed by atoms with E-state index in [9.17, 15) is 0 Å². The molecule has 0 radical (unpaired) electrons. The average Bonchev–Trinajstić information content (AvgIpc) is 3.25. The van der Waals surface area contributed by atoms with Crippen LogP contribution in [0.3, 0.4) is 0 Å². The molecule has 0 amide bonds. The molecule has 0 aliphatic rings. The van der Waals surface area contributed by atoms with Crippen LogP contribution in [0, 0.1) is 6.92 Å². The summed E-state index contributed by atoms with van der Waals surface area (Å²) in [6, 6.07) is 29.2. The summed E-state index contributed by atoms with van der Waals surface area (Å²) in [7, 11) is 0. The van der Waals surface area contributed by atoms with Crippen molar-refractivity contribution in [1.29, 1.82) is 0 Å². The molecule has 0 aliphatic carbocycles. The molecular formula is C25H16S2. The normalized spacial score (nSPS) is 11.9. The van der Waals surface area contributed by atoms with Crippen molar-refractivity contribution in [3.8, 4) is 10.4 Å². The number of thiophene rings is 2. The van der Waals surface area contributed by atoms with E-state index in [4.69, 9.17) is 0 Å². The van der Waals surface area contributed by atoms with Gasteiger partial charge in [0.15, 0.2) is 0 Å². The molecule has 4 aromatic carbocycles. The van der Waals surface area contributed by atoms with Crippen molar-refractivity contribution in [3.05, 3.63) is 83.7 Å². The van der Waals surface area contributed by atoms with Gasteiger partial charge in [-0.2, -0.15) is 0 Å². The summed E-state index contributed by atoms with van der Waals surface area (Å²) >= 11 is 3.79. The van der Waals surface area contributed by atoms with Crippen LogP contribution in [0.4, 0.5) is 0 Å². The minimum absolute atomic E-state index is 1.31. The molecular weight excluding hydrogens is 364 g/mol. The second kappa shape index (κ2) is 5.66. The van der Waals surface area contributed by atoms with E-state index in [1.54, 1.807) is 0 Å². The van der Waals surface area contributed by atoms with Gasteiger partial charge in [-0.25, -0.2) is 0 Å². The van der Waals surface area contributed by atoms with Gasteiger partial charge in [0.05, 0.1) is 0 Å². The van der Waals surface area contributed by atoms with E-state index in [0.717, 1.165) is 0 Å². The summed E-state index contributed by atoms with van der Waals surface area (Å²) < 4.78 is 2.80. The maximum atomic E-state index is 2.38. The Morgan fingerprint density at radius 2 is 1.07 bits per heavy atom. The first-order valence-electron chi connectivity index (χ1n) is 9.11. The fourth-order valence-electron chi connectivity index (χ4n) is 4.16. The van der Waals surface area contributed by atoms with Crippen molar-refractivity contribution in [1.82, 2.24) is 0 Å². The van der Waals surface area contributed by atoms with Gasteiger partial charge in [0.2, 0.25) is 0 Å². The zero-order chi connectivity index (χ0) is 18.0. The standard InChI is InChI=1S/C25H16S2/c1-15-12-24-25(26-15)14-23(27-24)16-10-11-21-19-8-3-2-6-17(19)18-7-4-5-9-20(18)22(21)13-16/h2-14H,1H3. The third kappa shape index (κ3) is 2.27. The van der Waals surface area contributed by atoms with Gasteiger partial charge in [-0.1, -0.05) is 60.7 Å². The first-order valence-corrected chi connectivity index (χ1v) is 10.7. The second-order valence-corrected chi connectivity index (χ2v) is 9.42. The Morgan fingerprint density at radius 1 is 0.519 bits per heavy atom. The Bertz CT molecular complexity index is 1410. The van der Waals surface area contributed by atoms with E-state index < -0.39 is 0 Å². The van der Waals surface area contributed by atoms with Crippen LogP contribution in [0.15, 0.2) is 78.9 Å². The summed E-state index contributed by atoms with van der Waals surface area (Å²) in [6.07, 6.45) is 0. The first kappa shape index (κ1) is 15.4. The molecule has 0 nitrogen and oxygen atoms in total. The number of hydrogen-bond donors (Lipinski definition) is 0. The Balaban J connectivity index is 1.70. The number of fused-ring (bicyclic) bond motifs is 7. The van der Waals surface area contributed by atoms with Crippen LogP contribution in [0.25, 0.3) is 52.2 Å². The highest BCUT2D eigenvalue weighted by molar-refractivity contribution is 7.29. The van der Waals surface area contributed by atoms with E-state index in [2.05, 4.69) is 85.8 Å². The van der Waals surface area contributed by atoms with E-state index in [0.29, 0.717) is 0 Å². The fourth-order valence-corrected chi connectivity index (χ4v) is 6.47. The molecule has 0 fully saturated rings. The van der Waals surface area contributed by atoms with Gasteiger partial charge in [0, 0.05) is 19.2 Å². The van der Waals surface area contributed by atoms with Gasteiger partial charge in [-0.05, 0) is 63.0 Å². The van der Waals surface area contributed by atoms with Crippen molar-refractivity contribution in [3.63, 3.8) is 0 Å². The van der Waals surface area contributed by atoms with Crippen molar-refractivity contribution in [2.24, 2.45) is 0 Å². The minimum atomic E-state index is 1.31. The molecule has 2 heteroatoms. The molecule has 0 bridgehead atoms. The summed E-state index contributed by atoms with van der Waals surface area (Å²) in [4.78, 5) is 2.74. The third-order valence-electron chi connectivity index (χ3n) is 5.36. The minimum Gasteiger partial charge on any atom is -0.140 e. The van der Waals surface area contributed by atoms with Gasteiger partial charge in [0.25, 0.3) is 0 Å². The van der Waals surface area contributed by atoms with Crippen molar-refractivity contribution < 1.29 is 0 Å². The largest absolute Gasteiger partial charge is 0.140 e. The Hall–Kier alpha value is -2.68. The topological polar surface area (TPSA) is 0 Å². The maximum absolute atomic E-state index is 2.38. The second-order valence-electron chi connectivity index (χ2n) is 7.05. The Kier molecular flexibility index (Phi) is 3.22.